The second-order valence-corrected chi connectivity index (χ2v) is 9.31. The number of sulfonamides is 1. The minimum atomic E-state index is -3.51. The molecule has 1 amide bonds. The van der Waals surface area contributed by atoms with E-state index in [0.717, 1.165) is 25.7 Å². The number of carbonyl (C=O) groups excluding carboxylic acids is 1. The van der Waals surface area contributed by atoms with Gasteiger partial charge in [-0.25, -0.2) is 8.42 Å². The maximum Gasteiger partial charge on any atom is 0.251 e. The molecule has 1 heterocycles. The average Bonchev–Trinajstić information content (AvgIpc) is 2.69. The Morgan fingerprint density at radius 2 is 1.82 bits per heavy atom. The third-order valence-electron chi connectivity index (χ3n) is 5.41. The number of benzene rings is 2. The molecular weight excluding hydrogens is 372 g/mol. The molecule has 1 aliphatic heterocycles. The SMILES string of the molecule is Cc1ccccc1CCNC(=O)c1ccc(S(=O)(=O)N2CCCCC2C)cc1. The van der Waals surface area contributed by atoms with Crippen molar-refractivity contribution in [3.63, 3.8) is 0 Å². The van der Waals surface area contributed by atoms with Gasteiger partial charge in [0.15, 0.2) is 0 Å². The Kier molecular flexibility index (Phi) is 6.52. The average molecular weight is 401 g/mol. The summed E-state index contributed by atoms with van der Waals surface area (Å²) in [5, 5.41) is 2.90. The molecule has 2 aromatic rings. The van der Waals surface area contributed by atoms with Gasteiger partial charge in [-0.15, -0.1) is 0 Å². The molecule has 28 heavy (non-hydrogen) atoms. The van der Waals surface area contributed by atoms with Crippen molar-refractivity contribution in [2.45, 2.75) is 50.5 Å². The van der Waals surface area contributed by atoms with Crippen LogP contribution in [0, 0.1) is 6.92 Å². The Morgan fingerprint density at radius 1 is 1.11 bits per heavy atom. The molecule has 2 aromatic carbocycles. The fourth-order valence-electron chi connectivity index (χ4n) is 3.65. The fourth-order valence-corrected chi connectivity index (χ4v) is 5.35. The highest BCUT2D eigenvalue weighted by atomic mass is 32.2. The van der Waals surface area contributed by atoms with Crippen molar-refractivity contribution in [3.05, 3.63) is 65.2 Å². The Balaban J connectivity index is 1.62. The summed E-state index contributed by atoms with van der Waals surface area (Å²) in [4.78, 5) is 12.6. The summed E-state index contributed by atoms with van der Waals surface area (Å²) in [5.74, 6) is -0.191. The van der Waals surface area contributed by atoms with E-state index in [1.54, 1.807) is 16.4 Å². The smallest absolute Gasteiger partial charge is 0.251 e. The zero-order valence-electron chi connectivity index (χ0n) is 16.5. The quantitative estimate of drug-likeness (QED) is 0.807. The zero-order valence-corrected chi connectivity index (χ0v) is 17.3. The van der Waals surface area contributed by atoms with Crippen molar-refractivity contribution in [2.75, 3.05) is 13.1 Å². The van der Waals surface area contributed by atoms with Gasteiger partial charge >= 0.3 is 0 Å². The van der Waals surface area contributed by atoms with Crippen molar-refractivity contribution < 1.29 is 13.2 Å². The van der Waals surface area contributed by atoms with E-state index in [1.165, 1.54) is 23.3 Å². The lowest BCUT2D eigenvalue weighted by molar-refractivity contribution is 0.0954. The molecule has 150 valence electrons. The lowest BCUT2D eigenvalue weighted by atomic mass is 10.1. The molecule has 6 heteroatoms. The standard InChI is InChI=1S/C22H28N2O3S/c1-17-7-3-4-9-19(17)14-15-23-22(25)20-10-12-21(13-11-20)28(26,27)24-16-6-5-8-18(24)2/h3-4,7,9-13,18H,5-6,8,14-16H2,1-2H3,(H,23,25). The van der Waals surface area contributed by atoms with Crippen molar-refractivity contribution in [1.29, 1.82) is 0 Å². The van der Waals surface area contributed by atoms with Gasteiger partial charge in [0.1, 0.15) is 0 Å². The van der Waals surface area contributed by atoms with Crippen LogP contribution in [0.2, 0.25) is 0 Å². The van der Waals surface area contributed by atoms with Gasteiger partial charge in [0.25, 0.3) is 5.91 Å². The van der Waals surface area contributed by atoms with Gasteiger partial charge in [0.05, 0.1) is 4.90 Å². The van der Waals surface area contributed by atoms with Crippen molar-refractivity contribution in [3.8, 4) is 0 Å². The summed E-state index contributed by atoms with van der Waals surface area (Å²) >= 11 is 0. The number of hydrogen-bond donors (Lipinski definition) is 1. The van der Waals surface area contributed by atoms with Crippen molar-refractivity contribution in [1.82, 2.24) is 9.62 Å². The number of piperidine rings is 1. The van der Waals surface area contributed by atoms with Crippen LogP contribution in [0.5, 0.6) is 0 Å². The van der Waals surface area contributed by atoms with Gasteiger partial charge in [-0.3, -0.25) is 4.79 Å². The molecule has 0 radical (unpaired) electrons. The Bertz CT molecular complexity index is 923. The second kappa shape index (κ2) is 8.88. The highest BCUT2D eigenvalue weighted by Gasteiger charge is 2.30. The van der Waals surface area contributed by atoms with Crippen LogP contribution in [-0.2, 0) is 16.4 Å². The van der Waals surface area contributed by atoms with Gasteiger partial charge in [0, 0.05) is 24.7 Å². The van der Waals surface area contributed by atoms with E-state index in [0.29, 0.717) is 18.7 Å². The zero-order chi connectivity index (χ0) is 20.1. The lowest BCUT2D eigenvalue weighted by Crippen LogP contribution is -2.41. The molecule has 1 fully saturated rings. The predicted molar refractivity (Wildman–Crippen MR) is 111 cm³/mol. The molecule has 3 rings (SSSR count). The van der Waals surface area contributed by atoms with Crippen LogP contribution in [0.15, 0.2) is 53.4 Å². The molecule has 5 nitrogen and oxygen atoms in total. The molecule has 1 N–H and O–H groups in total. The molecule has 1 atom stereocenters. The fraction of sp³-hybridized carbons (Fsp3) is 0.409. The first-order valence-electron chi connectivity index (χ1n) is 9.84. The summed E-state index contributed by atoms with van der Waals surface area (Å²) in [6.45, 7) is 5.10. The molecule has 1 aliphatic rings. The van der Waals surface area contributed by atoms with Crippen LogP contribution in [0.4, 0.5) is 0 Å². The molecule has 0 bridgehead atoms. The van der Waals surface area contributed by atoms with Gasteiger partial charge in [-0.05, 0) is 68.5 Å². The van der Waals surface area contributed by atoms with E-state index in [1.807, 2.05) is 19.1 Å². The summed E-state index contributed by atoms with van der Waals surface area (Å²) in [5.41, 5.74) is 2.88. The van der Waals surface area contributed by atoms with Crippen LogP contribution in [0.25, 0.3) is 0 Å². The van der Waals surface area contributed by atoms with Gasteiger partial charge < -0.3 is 5.32 Å². The normalized spacial score (nSPS) is 18.0. The lowest BCUT2D eigenvalue weighted by Gasteiger charge is -2.32. The van der Waals surface area contributed by atoms with Crippen molar-refractivity contribution >= 4 is 15.9 Å². The van der Waals surface area contributed by atoms with Crippen LogP contribution < -0.4 is 5.32 Å². The summed E-state index contributed by atoms with van der Waals surface area (Å²) in [6, 6.07) is 14.4. The molecule has 0 aliphatic carbocycles. The van der Waals surface area contributed by atoms with Gasteiger partial charge in [0.2, 0.25) is 10.0 Å². The molecule has 0 aromatic heterocycles. The predicted octanol–water partition coefficient (Wildman–Crippen LogP) is 3.53. The van der Waals surface area contributed by atoms with E-state index in [4.69, 9.17) is 0 Å². The number of rotatable bonds is 6. The minimum Gasteiger partial charge on any atom is -0.352 e. The molecular formula is C22H28N2O3S. The number of nitrogens with one attached hydrogen (secondary N) is 1. The Morgan fingerprint density at radius 3 is 2.50 bits per heavy atom. The number of carbonyl (C=O) groups is 1. The maximum atomic E-state index is 12.9. The number of aryl methyl sites for hydroxylation is 1. The van der Waals surface area contributed by atoms with Crippen molar-refractivity contribution in [2.24, 2.45) is 0 Å². The van der Waals surface area contributed by atoms with E-state index in [9.17, 15) is 13.2 Å². The number of hydrogen-bond acceptors (Lipinski definition) is 3. The number of nitrogens with zero attached hydrogens (tertiary/aromatic N) is 1. The third kappa shape index (κ3) is 4.62. The summed E-state index contributed by atoms with van der Waals surface area (Å²) in [6.07, 6.45) is 3.61. The van der Waals surface area contributed by atoms with E-state index in [-0.39, 0.29) is 16.8 Å². The number of amides is 1. The summed E-state index contributed by atoms with van der Waals surface area (Å²) < 4.78 is 27.3. The van der Waals surface area contributed by atoms with E-state index < -0.39 is 10.0 Å². The first-order chi connectivity index (χ1) is 13.4. The Hall–Kier alpha value is -2.18. The molecule has 0 spiro atoms. The third-order valence-corrected chi connectivity index (χ3v) is 7.43. The molecule has 0 saturated carbocycles. The van der Waals surface area contributed by atoms with Gasteiger partial charge in [-0.1, -0.05) is 30.7 Å². The Labute approximate surface area is 167 Å². The second-order valence-electron chi connectivity index (χ2n) is 7.42. The summed E-state index contributed by atoms with van der Waals surface area (Å²) in [7, 11) is -3.51. The first-order valence-corrected chi connectivity index (χ1v) is 11.3. The first kappa shape index (κ1) is 20.6. The molecule has 1 unspecified atom stereocenters. The van der Waals surface area contributed by atoms with Crippen LogP contribution in [0.1, 0.15) is 47.7 Å². The topological polar surface area (TPSA) is 66.5 Å². The van der Waals surface area contributed by atoms with Crippen LogP contribution in [-0.4, -0.2) is 37.8 Å². The largest absolute Gasteiger partial charge is 0.352 e. The highest BCUT2D eigenvalue weighted by molar-refractivity contribution is 7.89. The highest BCUT2D eigenvalue weighted by Crippen LogP contribution is 2.25. The van der Waals surface area contributed by atoms with Crippen LogP contribution in [0.3, 0.4) is 0 Å². The van der Waals surface area contributed by atoms with E-state index >= 15 is 0 Å². The maximum absolute atomic E-state index is 12.9. The monoisotopic (exact) mass is 400 g/mol. The van der Waals surface area contributed by atoms with Crippen LogP contribution >= 0.6 is 0 Å². The van der Waals surface area contributed by atoms with Gasteiger partial charge in [-0.2, -0.15) is 4.31 Å². The van der Waals surface area contributed by atoms with E-state index in [2.05, 4.69) is 24.4 Å². The minimum absolute atomic E-state index is 0.0168. The molecule has 1 saturated heterocycles.